The van der Waals surface area contributed by atoms with Gasteiger partial charge in [-0.05, 0) is 36.8 Å². The van der Waals surface area contributed by atoms with E-state index in [2.05, 4.69) is 20.5 Å². The summed E-state index contributed by atoms with van der Waals surface area (Å²) in [6, 6.07) is 11.7. The van der Waals surface area contributed by atoms with E-state index in [1.165, 1.54) is 10.4 Å². The molecule has 1 aromatic carbocycles. The molecular weight excluding hydrogens is 316 g/mol. The molecule has 0 saturated heterocycles. The maximum Gasteiger partial charge on any atom is 0.247 e. The molecule has 25 heavy (non-hydrogen) atoms. The van der Waals surface area contributed by atoms with Crippen molar-refractivity contribution >= 4 is 17.2 Å². The molecule has 7 heteroatoms. The highest BCUT2D eigenvalue weighted by Gasteiger charge is 2.07. The first-order valence-electron chi connectivity index (χ1n) is 7.87. The van der Waals surface area contributed by atoms with Crippen molar-refractivity contribution in [1.82, 2.24) is 24.4 Å². The van der Waals surface area contributed by atoms with E-state index < -0.39 is 0 Å². The minimum atomic E-state index is -0.174. The van der Waals surface area contributed by atoms with Crippen molar-refractivity contribution in [1.29, 1.82) is 0 Å². The van der Waals surface area contributed by atoms with Crippen LogP contribution in [0.3, 0.4) is 0 Å². The van der Waals surface area contributed by atoms with E-state index in [1.807, 2.05) is 60.1 Å². The minimum absolute atomic E-state index is 0.0839. The highest BCUT2D eigenvalue weighted by Crippen LogP contribution is 2.21. The smallest absolute Gasteiger partial charge is 0.247 e. The van der Waals surface area contributed by atoms with Crippen molar-refractivity contribution in [2.45, 2.75) is 13.5 Å². The van der Waals surface area contributed by atoms with Gasteiger partial charge in [-0.15, -0.1) is 0 Å². The Bertz CT molecular complexity index is 1020. The summed E-state index contributed by atoms with van der Waals surface area (Å²) in [7, 11) is 0. The normalized spacial score (nSPS) is 10.9. The molecule has 0 aliphatic heterocycles. The van der Waals surface area contributed by atoms with Crippen LogP contribution in [0.25, 0.3) is 16.9 Å². The van der Waals surface area contributed by atoms with Crippen LogP contribution in [0, 0.1) is 6.92 Å². The molecule has 3 heterocycles. The maximum absolute atomic E-state index is 12.0. The van der Waals surface area contributed by atoms with Gasteiger partial charge in [-0.25, -0.2) is 4.98 Å². The Morgan fingerprint density at radius 3 is 2.64 bits per heavy atom. The number of pyridine rings is 1. The van der Waals surface area contributed by atoms with Crippen LogP contribution in [0.2, 0.25) is 0 Å². The number of hydrogen-bond acceptors (Lipinski definition) is 4. The summed E-state index contributed by atoms with van der Waals surface area (Å²) in [6.45, 7) is 2.13. The summed E-state index contributed by atoms with van der Waals surface area (Å²) in [5.74, 6) is -0.174. The lowest BCUT2D eigenvalue weighted by atomic mass is 10.1. The summed E-state index contributed by atoms with van der Waals surface area (Å²) in [6.07, 6.45) is 7.07. The van der Waals surface area contributed by atoms with Crippen LogP contribution in [0.15, 0.2) is 61.2 Å². The number of benzene rings is 1. The molecular formula is C18H16N6O. The zero-order valence-corrected chi connectivity index (χ0v) is 13.6. The van der Waals surface area contributed by atoms with Gasteiger partial charge in [0.05, 0.1) is 18.1 Å². The van der Waals surface area contributed by atoms with Crippen molar-refractivity contribution in [2.75, 3.05) is 5.32 Å². The molecule has 3 aromatic heterocycles. The molecule has 0 aliphatic rings. The predicted octanol–water partition coefficient (Wildman–Crippen LogP) is 2.54. The highest BCUT2D eigenvalue weighted by molar-refractivity contribution is 5.90. The number of carbonyl (C=O) groups is 1. The van der Waals surface area contributed by atoms with E-state index in [4.69, 9.17) is 0 Å². The van der Waals surface area contributed by atoms with E-state index in [0.717, 1.165) is 22.6 Å². The first-order chi connectivity index (χ1) is 12.2. The van der Waals surface area contributed by atoms with Crippen molar-refractivity contribution in [3.63, 3.8) is 0 Å². The number of anilines is 1. The largest absolute Gasteiger partial charge is 0.324 e. The van der Waals surface area contributed by atoms with Gasteiger partial charge in [0, 0.05) is 23.6 Å². The van der Waals surface area contributed by atoms with Crippen LogP contribution < -0.4 is 5.32 Å². The Balaban J connectivity index is 1.50. The fraction of sp³-hybridized carbons (Fsp3) is 0.111. The number of nitrogens with one attached hydrogen (secondary N) is 1. The number of amides is 1. The Hall–Kier alpha value is -3.48. The topological polar surface area (TPSA) is 77.1 Å². The van der Waals surface area contributed by atoms with Crippen molar-refractivity contribution in [3.05, 3.63) is 66.7 Å². The molecule has 1 amide bonds. The summed E-state index contributed by atoms with van der Waals surface area (Å²) < 4.78 is 2.00. The lowest BCUT2D eigenvalue weighted by Gasteiger charge is -2.05. The lowest BCUT2D eigenvalue weighted by Crippen LogP contribution is -2.20. The molecule has 124 valence electrons. The van der Waals surface area contributed by atoms with Gasteiger partial charge >= 0.3 is 0 Å². The SMILES string of the molecule is Cc1ccn2cc(-c3ccc(NC(=O)Cn4nccn4)cc3)nc2c1. The van der Waals surface area contributed by atoms with Gasteiger partial charge in [-0.3, -0.25) is 4.79 Å². The molecule has 4 aromatic rings. The maximum atomic E-state index is 12.0. The average Bonchev–Trinajstić information content (AvgIpc) is 3.24. The van der Waals surface area contributed by atoms with E-state index >= 15 is 0 Å². The summed E-state index contributed by atoms with van der Waals surface area (Å²) in [5, 5.41) is 10.7. The number of imidazole rings is 1. The third-order valence-corrected chi connectivity index (χ3v) is 3.83. The summed E-state index contributed by atoms with van der Waals surface area (Å²) >= 11 is 0. The molecule has 0 radical (unpaired) electrons. The molecule has 1 N–H and O–H groups in total. The first-order valence-corrected chi connectivity index (χ1v) is 7.87. The Morgan fingerprint density at radius 1 is 1.12 bits per heavy atom. The van der Waals surface area contributed by atoms with Crippen LogP contribution in [0.1, 0.15) is 5.56 Å². The number of carbonyl (C=O) groups excluding carboxylic acids is 1. The number of hydrogen-bond donors (Lipinski definition) is 1. The molecule has 0 saturated carbocycles. The number of aryl methyl sites for hydroxylation is 1. The number of aromatic nitrogens is 5. The third-order valence-electron chi connectivity index (χ3n) is 3.83. The quantitative estimate of drug-likeness (QED) is 0.623. The van der Waals surface area contributed by atoms with E-state index in [-0.39, 0.29) is 12.5 Å². The van der Waals surface area contributed by atoms with Gasteiger partial charge < -0.3 is 9.72 Å². The first kappa shape index (κ1) is 15.1. The van der Waals surface area contributed by atoms with Crippen LogP contribution >= 0.6 is 0 Å². The molecule has 0 spiro atoms. The number of nitrogens with zero attached hydrogens (tertiary/aromatic N) is 5. The van der Waals surface area contributed by atoms with E-state index in [9.17, 15) is 4.79 Å². The Morgan fingerprint density at radius 2 is 1.88 bits per heavy atom. The standard InChI is InChI=1S/C18H16N6O/c1-13-6-9-23-11-16(22-17(23)10-13)14-2-4-15(5-3-14)21-18(25)12-24-19-7-8-20-24/h2-11H,12H2,1H3,(H,21,25). The van der Waals surface area contributed by atoms with Crippen molar-refractivity contribution in [3.8, 4) is 11.3 Å². The number of rotatable bonds is 4. The zero-order chi connectivity index (χ0) is 17.2. The predicted molar refractivity (Wildman–Crippen MR) is 94.0 cm³/mol. The van der Waals surface area contributed by atoms with Gasteiger partial charge in [0.25, 0.3) is 0 Å². The van der Waals surface area contributed by atoms with E-state index in [1.54, 1.807) is 12.4 Å². The monoisotopic (exact) mass is 332 g/mol. The van der Waals surface area contributed by atoms with Crippen molar-refractivity contribution < 1.29 is 4.79 Å². The lowest BCUT2D eigenvalue weighted by molar-refractivity contribution is -0.117. The van der Waals surface area contributed by atoms with Gasteiger partial charge in [0.1, 0.15) is 12.2 Å². The summed E-state index contributed by atoms with van der Waals surface area (Å²) in [5.41, 5.74) is 4.70. The number of fused-ring (bicyclic) bond motifs is 1. The van der Waals surface area contributed by atoms with Crippen LogP contribution in [-0.4, -0.2) is 30.3 Å². The Kier molecular flexibility index (Phi) is 3.74. The summed E-state index contributed by atoms with van der Waals surface area (Å²) in [4.78, 5) is 17.9. The van der Waals surface area contributed by atoms with E-state index in [0.29, 0.717) is 0 Å². The third kappa shape index (κ3) is 3.25. The van der Waals surface area contributed by atoms with Crippen LogP contribution in [0.5, 0.6) is 0 Å². The second-order valence-electron chi connectivity index (χ2n) is 5.78. The second kappa shape index (κ2) is 6.20. The molecule has 0 unspecified atom stereocenters. The molecule has 4 rings (SSSR count). The van der Waals surface area contributed by atoms with Gasteiger partial charge in [0.15, 0.2) is 0 Å². The minimum Gasteiger partial charge on any atom is -0.324 e. The fourth-order valence-electron chi connectivity index (χ4n) is 2.60. The Labute approximate surface area is 143 Å². The van der Waals surface area contributed by atoms with Gasteiger partial charge in [-0.2, -0.15) is 15.0 Å². The van der Waals surface area contributed by atoms with Crippen molar-refractivity contribution in [2.24, 2.45) is 0 Å². The van der Waals surface area contributed by atoms with Gasteiger partial charge in [-0.1, -0.05) is 12.1 Å². The molecule has 0 bridgehead atoms. The average molecular weight is 332 g/mol. The highest BCUT2D eigenvalue weighted by atomic mass is 16.2. The molecule has 0 aliphatic carbocycles. The van der Waals surface area contributed by atoms with Gasteiger partial charge in [0.2, 0.25) is 5.91 Å². The molecule has 0 fully saturated rings. The van der Waals surface area contributed by atoms with Crippen LogP contribution in [-0.2, 0) is 11.3 Å². The second-order valence-corrected chi connectivity index (χ2v) is 5.78. The molecule has 0 atom stereocenters. The fourth-order valence-corrected chi connectivity index (χ4v) is 2.60. The zero-order valence-electron chi connectivity index (χ0n) is 13.6. The van der Waals surface area contributed by atoms with Crippen LogP contribution in [0.4, 0.5) is 5.69 Å². The molecule has 7 nitrogen and oxygen atoms in total.